The summed E-state index contributed by atoms with van der Waals surface area (Å²) in [6.45, 7) is 9.09. The van der Waals surface area contributed by atoms with E-state index in [2.05, 4.69) is 30.9 Å². The summed E-state index contributed by atoms with van der Waals surface area (Å²) in [7, 11) is 0. The largest absolute Gasteiger partial charge is 0.465 e. The first-order valence-corrected chi connectivity index (χ1v) is 11.2. The highest BCUT2D eigenvalue weighted by Crippen LogP contribution is 2.55. The Balaban J connectivity index is 1.75. The third kappa shape index (κ3) is 2.70. The Kier molecular flexibility index (Phi) is 4.73. The zero-order valence-electron chi connectivity index (χ0n) is 19.0. The number of para-hydroxylation sites is 1. The first-order valence-electron chi connectivity index (χ1n) is 11.2. The predicted molar refractivity (Wildman–Crippen MR) is 128 cm³/mol. The number of rotatable bonds is 4. The number of nitrogens with zero attached hydrogens (tertiary/aromatic N) is 2. The zero-order chi connectivity index (χ0) is 22.5. The molecule has 5 rings (SSSR count). The van der Waals surface area contributed by atoms with Crippen molar-refractivity contribution in [3.63, 3.8) is 0 Å². The van der Waals surface area contributed by atoms with E-state index in [1.54, 1.807) is 0 Å². The zero-order valence-corrected chi connectivity index (χ0v) is 19.0. The van der Waals surface area contributed by atoms with Crippen molar-refractivity contribution in [2.24, 2.45) is 10.9 Å². The summed E-state index contributed by atoms with van der Waals surface area (Å²) >= 11 is 0. The number of aliphatic imine (C=N–C) groups is 1. The van der Waals surface area contributed by atoms with E-state index >= 15 is 0 Å². The van der Waals surface area contributed by atoms with Gasteiger partial charge in [-0.05, 0) is 42.8 Å². The van der Waals surface area contributed by atoms with Gasteiger partial charge in [0, 0.05) is 17.6 Å². The molecule has 2 unspecified atom stereocenters. The molecule has 5 heteroatoms. The minimum Gasteiger partial charge on any atom is -0.465 e. The summed E-state index contributed by atoms with van der Waals surface area (Å²) in [6.07, 6.45) is 1.82. The fraction of sp³-hybridized carbons (Fsp3) is 0.333. The molecule has 2 aliphatic rings. The van der Waals surface area contributed by atoms with Crippen molar-refractivity contribution in [2.75, 3.05) is 18.1 Å². The molecule has 2 heterocycles. The van der Waals surface area contributed by atoms with Gasteiger partial charge in [0.25, 0.3) is 0 Å². The molecule has 3 aromatic carbocycles. The maximum atomic E-state index is 13.6. The lowest BCUT2D eigenvalue weighted by atomic mass is 9.75. The van der Waals surface area contributed by atoms with Crippen molar-refractivity contribution in [2.45, 2.75) is 38.8 Å². The summed E-state index contributed by atoms with van der Waals surface area (Å²) in [6, 6.07) is 20.1. The first-order chi connectivity index (χ1) is 15.4. The summed E-state index contributed by atoms with van der Waals surface area (Å²) in [5.41, 5.74) is 0.465. The Morgan fingerprint density at radius 3 is 2.62 bits per heavy atom. The van der Waals surface area contributed by atoms with Crippen LogP contribution < -0.4 is 9.64 Å². The summed E-state index contributed by atoms with van der Waals surface area (Å²) in [5.74, 6) is 0.706. The van der Waals surface area contributed by atoms with E-state index in [0.717, 1.165) is 27.7 Å². The molecule has 0 aliphatic carbocycles. The highest BCUT2D eigenvalue weighted by molar-refractivity contribution is 6.03. The van der Waals surface area contributed by atoms with E-state index in [-0.39, 0.29) is 5.97 Å². The second-order valence-corrected chi connectivity index (χ2v) is 9.06. The Morgan fingerprint density at radius 2 is 1.84 bits per heavy atom. The van der Waals surface area contributed by atoms with E-state index in [4.69, 9.17) is 14.5 Å². The Labute approximate surface area is 188 Å². The highest BCUT2D eigenvalue weighted by Gasteiger charge is 2.67. The molecule has 3 aromatic rings. The predicted octanol–water partition coefficient (Wildman–Crippen LogP) is 5.63. The molecular formula is C27H28N2O3. The van der Waals surface area contributed by atoms with Gasteiger partial charge in [-0.1, -0.05) is 62.4 Å². The second kappa shape index (κ2) is 7.37. The van der Waals surface area contributed by atoms with E-state index in [1.165, 1.54) is 0 Å². The molecule has 0 bridgehead atoms. The van der Waals surface area contributed by atoms with Crippen LogP contribution in [0.25, 0.3) is 10.8 Å². The van der Waals surface area contributed by atoms with E-state index in [9.17, 15) is 4.79 Å². The minimum absolute atomic E-state index is 0.301. The number of carbonyl (C=O) groups excluding carboxylic acids is 1. The second-order valence-electron chi connectivity index (χ2n) is 9.06. The SMILES string of the molecule is CCOC(=O)C1(C)c2ccccc2N(CC(C)C)C12C=Nc1c(ccc3ccccc13)O2. The van der Waals surface area contributed by atoms with Crippen LogP contribution in [-0.2, 0) is 14.9 Å². The number of ether oxygens (including phenoxy) is 2. The van der Waals surface area contributed by atoms with Gasteiger partial charge in [0.05, 0.1) is 12.8 Å². The molecule has 164 valence electrons. The van der Waals surface area contributed by atoms with Gasteiger partial charge in [-0.15, -0.1) is 0 Å². The molecule has 0 amide bonds. The third-order valence-electron chi connectivity index (χ3n) is 6.58. The number of fused-ring (bicyclic) bond motifs is 4. The molecule has 5 nitrogen and oxygen atoms in total. The molecule has 0 saturated carbocycles. The molecule has 0 aromatic heterocycles. The van der Waals surface area contributed by atoms with Gasteiger partial charge < -0.3 is 14.4 Å². The maximum absolute atomic E-state index is 13.6. The summed E-state index contributed by atoms with van der Waals surface area (Å²) < 4.78 is 12.5. The smallest absolute Gasteiger partial charge is 0.322 e. The highest BCUT2D eigenvalue weighted by atomic mass is 16.6. The molecule has 2 atom stereocenters. The Hall–Kier alpha value is -3.34. The van der Waals surface area contributed by atoms with Crippen molar-refractivity contribution in [1.29, 1.82) is 0 Å². The molecule has 0 radical (unpaired) electrons. The molecule has 0 saturated heterocycles. The van der Waals surface area contributed by atoms with Gasteiger partial charge >= 0.3 is 5.97 Å². The van der Waals surface area contributed by atoms with Crippen LogP contribution in [0.4, 0.5) is 11.4 Å². The van der Waals surface area contributed by atoms with Gasteiger partial charge in [-0.25, -0.2) is 0 Å². The van der Waals surface area contributed by atoms with Crippen LogP contribution >= 0.6 is 0 Å². The van der Waals surface area contributed by atoms with Crippen molar-refractivity contribution < 1.29 is 14.3 Å². The number of benzene rings is 3. The Morgan fingerprint density at radius 1 is 1.09 bits per heavy atom. The van der Waals surface area contributed by atoms with Crippen LogP contribution in [0, 0.1) is 5.92 Å². The van der Waals surface area contributed by atoms with Crippen molar-refractivity contribution in [3.8, 4) is 5.75 Å². The quantitative estimate of drug-likeness (QED) is 0.506. The monoisotopic (exact) mass is 428 g/mol. The fourth-order valence-corrected chi connectivity index (χ4v) is 5.06. The summed E-state index contributed by atoms with van der Waals surface area (Å²) in [5, 5.41) is 2.13. The van der Waals surface area contributed by atoms with Crippen LogP contribution in [0.1, 0.15) is 33.3 Å². The lowest BCUT2D eigenvalue weighted by Gasteiger charge is -2.46. The average molecular weight is 429 g/mol. The van der Waals surface area contributed by atoms with E-state index in [0.29, 0.717) is 24.8 Å². The van der Waals surface area contributed by atoms with Crippen LogP contribution in [0.15, 0.2) is 65.7 Å². The van der Waals surface area contributed by atoms with E-state index in [1.807, 2.05) is 68.6 Å². The summed E-state index contributed by atoms with van der Waals surface area (Å²) in [4.78, 5) is 20.7. The van der Waals surface area contributed by atoms with Crippen LogP contribution in [-0.4, -0.2) is 31.1 Å². The molecule has 0 fully saturated rings. The molecule has 1 spiro atoms. The van der Waals surface area contributed by atoms with Gasteiger partial charge in [0.1, 0.15) is 11.4 Å². The van der Waals surface area contributed by atoms with Gasteiger partial charge in [0.2, 0.25) is 5.72 Å². The van der Waals surface area contributed by atoms with E-state index < -0.39 is 11.1 Å². The third-order valence-corrected chi connectivity index (χ3v) is 6.58. The van der Waals surface area contributed by atoms with Crippen molar-refractivity contribution in [1.82, 2.24) is 0 Å². The molecular weight excluding hydrogens is 400 g/mol. The van der Waals surface area contributed by atoms with Gasteiger partial charge in [-0.3, -0.25) is 9.79 Å². The van der Waals surface area contributed by atoms with Gasteiger partial charge in [-0.2, -0.15) is 0 Å². The topological polar surface area (TPSA) is 51.1 Å². The first kappa shape index (κ1) is 20.6. The van der Waals surface area contributed by atoms with Gasteiger partial charge in [0.15, 0.2) is 5.41 Å². The maximum Gasteiger partial charge on any atom is 0.322 e. The lowest BCUT2D eigenvalue weighted by Crippen LogP contribution is -2.66. The molecule has 2 aliphatic heterocycles. The molecule has 32 heavy (non-hydrogen) atoms. The Bertz CT molecular complexity index is 1230. The normalized spacial score (nSPS) is 23.3. The number of carbonyl (C=O) groups is 1. The van der Waals surface area contributed by atoms with Crippen LogP contribution in [0.5, 0.6) is 5.75 Å². The van der Waals surface area contributed by atoms with Crippen LogP contribution in [0.2, 0.25) is 0 Å². The fourth-order valence-electron chi connectivity index (χ4n) is 5.06. The lowest BCUT2D eigenvalue weighted by molar-refractivity contribution is -0.155. The number of hydrogen-bond acceptors (Lipinski definition) is 5. The number of anilines is 1. The van der Waals surface area contributed by atoms with Crippen molar-refractivity contribution in [3.05, 3.63) is 66.2 Å². The number of esters is 1. The van der Waals surface area contributed by atoms with Crippen molar-refractivity contribution >= 4 is 34.3 Å². The average Bonchev–Trinajstić information content (AvgIpc) is 2.99. The number of hydrogen-bond donors (Lipinski definition) is 0. The standard InChI is InChI=1S/C27H28N2O3/c1-5-31-25(30)26(4)21-12-8-9-13-22(21)29(16-18(2)3)27(26)17-28-24-20-11-7-6-10-19(20)14-15-23(24)32-27/h6-15,17-18H,5,16H2,1-4H3. The molecule has 0 N–H and O–H groups in total. The van der Waals surface area contributed by atoms with Crippen LogP contribution in [0.3, 0.4) is 0 Å². The minimum atomic E-state index is -1.12.